The Bertz CT molecular complexity index is 271. The van der Waals surface area contributed by atoms with Crippen LogP contribution in [0.2, 0.25) is 0 Å². The van der Waals surface area contributed by atoms with Gasteiger partial charge < -0.3 is 0 Å². The molecule has 1 N–H and O–H groups in total. The molecule has 0 heterocycles. The Kier molecular flexibility index (Phi) is 5.21. The van der Waals surface area contributed by atoms with E-state index in [1.807, 2.05) is 0 Å². The molecule has 78 valence electrons. The lowest BCUT2D eigenvalue weighted by molar-refractivity contribution is -0.120. The van der Waals surface area contributed by atoms with Gasteiger partial charge >= 0.3 is 6.03 Å². The van der Waals surface area contributed by atoms with E-state index in [1.165, 1.54) is 6.21 Å². The monoisotopic (exact) mass is 197 g/mol. The molecule has 0 aliphatic carbocycles. The molecule has 0 bridgehead atoms. The number of hydrogen-bond donors (Lipinski definition) is 1. The Morgan fingerprint density at radius 3 is 2.50 bits per heavy atom. The van der Waals surface area contributed by atoms with E-state index in [0.29, 0.717) is 12.1 Å². The fraction of sp³-hybridized carbons (Fsp3) is 0.444. The summed E-state index contributed by atoms with van der Waals surface area (Å²) in [6, 6.07) is -0.496. The molecule has 0 unspecified atom stereocenters. The van der Waals surface area contributed by atoms with Crippen LogP contribution in [-0.4, -0.2) is 29.7 Å². The predicted molar refractivity (Wildman–Crippen MR) is 54.9 cm³/mol. The topological polar surface area (TPSA) is 61.8 Å². The van der Waals surface area contributed by atoms with Crippen molar-refractivity contribution >= 4 is 18.2 Å². The minimum atomic E-state index is -0.496. The van der Waals surface area contributed by atoms with Crippen molar-refractivity contribution in [2.45, 2.75) is 20.8 Å². The van der Waals surface area contributed by atoms with Crippen LogP contribution >= 0.6 is 0 Å². The van der Waals surface area contributed by atoms with Crippen molar-refractivity contribution in [2.75, 3.05) is 6.54 Å². The second-order valence-electron chi connectivity index (χ2n) is 2.64. The van der Waals surface area contributed by atoms with E-state index in [-0.39, 0.29) is 5.91 Å². The number of amides is 3. The number of aliphatic imine (C=N–C) groups is 1. The summed E-state index contributed by atoms with van der Waals surface area (Å²) < 4.78 is 0. The van der Waals surface area contributed by atoms with Gasteiger partial charge in [-0.15, -0.1) is 0 Å². The molecule has 3 amide bonds. The van der Waals surface area contributed by atoms with Crippen molar-refractivity contribution in [1.29, 1.82) is 0 Å². The number of nitrogens with zero attached hydrogens (tertiary/aromatic N) is 2. The number of urea groups is 1. The molecule has 14 heavy (non-hydrogen) atoms. The minimum absolute atomic E-state index is 0.344. The third kappa shape index (κ3) is 3.84. The number of hydrogen-bond acceptors (Lipinski definition) is 2. The zero-order chi connectivity index (χ0) is 11.1. The smallest absolute Gasteiger partial charge is 0.268 e. The first-order valence-corrected chi connectivity index (χ1v) is 4.29. The van der Waals surface area contributed by atoms with Gasteiger partial charge in [0.25, 0.3) is 5.91 Å². The van der Waals surface area contributed by atoms with Crippen LogP contribution in [0.1, 0.15) is 20.8 Å². The third-order valence-corrected chi connectivity index (χ3v) is 1.41. The van der Waals surface area contributed by atoms with E-state index in [2.05, 4.69) is 17.0 Å². The molecule has 5 nitrogen and oxygen atoms in total. The number of nitrogens with one attached hydrogen (secondary N) is 1. The second kappa shape index (κ2) is 5.90. The normalized spacial score (nSPS) is 9.93. The van der Waals surface area contributed by atoms with Gasteiger partial charge in [0.15, 0.2) is 0 Å². The molecule has 0 aromatic carbocycles. The number of carbonyl (C=O) groups excluding carboxylic acids is 2. The molecule has 0 radical (unpaired) electrons. The molecule has 0 spiro atoms. The van der Waals surface area contributed by atoms with E-state index in [9.17, 15) is 9.59 Å². The molecule has 0 aliphatic rings. The lowest BCUT2D eigenvalue weighted by Crippen LogP contribution is -2.45. The van der Waals surface area contributed by atoms with Gasteiger partial charge in [-0.05, 0) is 20.8 Å². The van der Waals surface area contributed by atoms with Crippen LogP contribution in [-0.2, 0) is 4.79 Å². The van der Waals surface area contributed by atoms with E-state index in [4.69, 9.17) is 0 Å². The van der Waals surface area contributed by atoms with Crippen LogP contribution in [0.5, 0.6) is 0 Å². The lowest BCUT2D eigenvalue weighted by Gasteiger charge is -2.18. The summed E-state index contributed by atoms with van der Waals surface area (Å²) in [5.41, 5.74) is 2.73. The Morgan fingerprint density at radius 1 is 1.57 bits per heavy atom. The van der Waals surface area contributed by atoms with Crippen molar-refractivity contribution in [1.82, 2.24) is 10.4 Å². The van der Waals surface area contributed by atoms with E-state index in [1.54, 1.807) is 20.8 Å². The maximum atomic E-state index is 11.2. The highest BCUT2D eigenvalue weighted by Gasteiger charge is 2.12. The molecule has 0 atom stereocenters. The highest BCUT2D eigenvalue weighted by atomic mass is 16.2. The van der Waals surface area contributed by atoms with Gasteiger partial charge in [0, 0.05) is 18.3 Å². The van der Waals surface area contributed by atoms with Gasteiger partial charge in [0.2, 0.25) is 0 Å². The maximum absolute atomic E-state index is 11.2. The van der Waals surface area contributed by atoms with Crippen molar-refractivity contribution in [3.8, 4) is 0 Å². The summed E-state index contributed by atoms with van der Waals surface area (Å²) >= 11 is 0. The molecule has 0 fully saturated rings. The Morgan fingerprint density at radius 2 is 2.14 bits per heavy atom. The Balaban J connectivity index is 4.36. The van der Waals surface area contributed by atoms with Gasteiger partial charge in [0.1, 0.15) is 0 Å². The Hall–Kier alpha value is -1.65. The van der Waals surface area contributed by atoms with E-state index < -0.39 is 6.03 Å². The Labute approximate surface area is 83.5 Å². The summed E-state index contributed by atoms with van der Waals surface area (Å²) in [5, 5.41) is 1.12. The van der Waals surface area contributed by atoms with E-state index in [0.717, 1.165) is 5.01 Å². The molecule has 0 saturated carbocycles. The van der Waals surface area contributed by atoms with Crippen molar-refractivity contribution in [3.63, 3.8) is 0 Å². The summed E-state index contributed by atoms with van der Waals surface area (Å²) in [6.45, 7) is 8.75. The molecule has 0 saturated heterocycles. The fourth-order valence-electron chi connectivity index (χ4n) is 0.660. The summed E-state index contributed by atoms with van der Waals surface area (Å²) in [5.74, 6) is -0.383. The number of hydrazine groups is 1. The first kappa shape index (κ1) is 12.3. The summed E-state index contributed by atoms with van der Waals surface area (Å²) in [7, 11) is 0. The first-order chi connectivity index (χ1) is 6.52. The van der Waals surface area contributed by atoms with Crippen LogP contribution in [0.4, 0.5) is 4.79 Å². The molecule has 0 aliphatic heterocycles. The maximum Gasteiger partial charge on any atom is 0.361 e. The second-order valence-corrected chi connectivity index (χ2v) is 2.64. The van der Waals surface area contributed by atoms with Gasteiger partial charge in [-0.1, -0.05) is 6.58 Å². The average Bonchev–Trinajstić information content (AvgIpc) is 2.13. The van der Waals surface area contributed by atoms with Gasteiger partial charge in [-0.2, -0.15) is 0 Å². The lowest BCUT2D eigenvalue weighted by atomic mass is 10.3. The van der Waals surface area contributed by atoms with Crippen molar-refractivity contribution in [2.24, 2.45) is 4.99 Å². The molecular formula is C9H15N3O2. The molecule has 0 aromatic rings. The third-order valence-electron chi connectivity index (χ3n) is 1.41. The number of rotatable bonds is 2. The zero-order valence-corrected chi connectivity index (χ0v) is 8.70. The highest BCUT2D eigenvalue weighted by molar-refractivity contribution is 5.94. The minimum Gasteiger partial charge on any atom is -0.268 e. The molecule has 0 aromatic heterocycles. The van der Waals surface area contributed by atoms with Crippen molar-refractivity contribution < 1.29 is 9.59 Å². The SMILES string of the molecule is C=C(C)C(=O)NN(CC)C(=O)N=CC. The molecule has 5 heteroatoms. The number of carbonyl (C=O) groups is 2. The summed E-state index contributed by atoms with van der Waals surface area (Å²) in [4.78, 5) is 25.9. The predicted octanol–water partition coefficient (Wildman–Crippen LogP) is 1.13. The van der Waals surface area contributed by atoms with Gasteiger partial charge in [-0.3, -0.25) is 10.2 Å². The van der Waals surface area contributed by atoms with E-state index >= 15 is 0 Å². The van der Waals surface area contributed by atoms with Crippen molar-refractivity contribution in [3.05, 3.63) is 12.2 Å². The summed E-state index contributed by atoms with van der Waals surface area (Å²) in [6.07, 6.45) is 1.37. The quantitative estimate of drug-likeness (QED) is 0.409. The van der Waals surface area contributed by atoms with Crippen LogP contribution in [0.3, 0.4) is 0 Å². The molecule has 0 rings (SSSR count). The highest BCUT2D eigenvalue weighted by Crippen LogP contribution is 1.92. The first-order valence-electron chi connectivity index (χ1n) is 4.29. The van der Waals surface area contributed by atoms with Gasteiger partial charge in [0.05, 0.1) is 0 Å². The molecular weight excluding hydrogens is 182 g/mol. The van der Waals surface area contributed by atoms with Crippen LogP contribution < -0.4 is 5.43 Å². The average molecular weight is 197 g/mol. The zero-order valence-electron chi connectivity index (χ0n) is 8.70. The van der Waals surface area contributed by atoms with Crippen LogP contribution in [0.25, 0.3) is 0 Å². The fourth-order valence-corrected chi connectivity index (χ4v) is 0.660. The largest absolute Gasteiger partial charge is 0.361 e. The van der Waals surface area contributed by atoms with Crippen LogP contribution in [0, 0.1) is 0 Å². The standard InChI is InChI=1S/C9H15N3O2/c1-5-10-9(14)12(6-2)11-8(13)7(3)4/h5H,3,6H2,1-2,4H3,(H,11,13). The van der Waals surface area contributed by atoms with Gasteiger partial charge in [-0.25, -0.2) is 14.8 Å². The van der Waals surface area contributed by atoms with Crippen LogP contribution in [0.15, 0.2) is 17.1 Å².